The molecule has 38 heavy (non-hydrogen) atoms. The smallest absolute Gasteiger partial charge is 0.496 e. The number of aromatic carboxylic acids is 1. The number of nitrogens with zero attached hydrogens (tertiary/aromatic N) is 1. The molecule has 4 rings (SSSR count). The van der Waals surface area contributed by atoms with Crippen molar-refractivity contribution in [3.05, 3.63) is 75.5 Å². The summed E-state index contributed by atoms with van der Waals surface area (Å²) < 4.78 is 20.3. The van der Waals surface area contributed by atoms with E-state index in [1.807, 2.05) is 0 Å². The summed E-state index contributed by atoms with van der Waals surface area (Å²) in [6.45, 7) is 5.19. The van der Waals surface area contributed by atoms with E-state index in [4.69, 9.17) is 18.3 Å². The third-order valence-corrected chi connectivity index (χ3v) is 6.38. The molecular formula is C27H26N2O9. The zero-order valence-corrected chi connectivity index (χ0v) is 20.9. The number of hydrogen-bond donors (Lipinski definition) is 2. The largest absolute Gasteiger partial charge is 0.519 e. The van der Waals surface area contributed by atoms with Gasteiger partial charge in [0.15, 0.2) is 23.8 Å². The zero-order valence-electron chi connectivity index (χ0n) is 20.9. The van der Waals surface area contributed by atoms with Crippen LogP contribution in [0.15, 0.2) is 44.5 Å². The van der Waals surface area contributed by atoms with Crippen LogP contribution in [0.5, 0.6) is 5.75 Å². The predicted octanol–water partition coefficient (Wildman–Crippen LogP) is 3.84. The topological polar surface area (TPSA) is 158 Å². The number of aromatic nitrogens is 1. The Morgan fingerprint density at radius 3 is 2.55 bits per heavy atom. The highest BCUT2D eigenvalue weighted by Gasteiger charge is 2.26. The Hall–Kier alpha value is -4.67. The fourth-order valence-electron chi connectivity index (χ4n) is 4.02. The van der Waals surface area contributed by atoms with E-state index in [-0.39, 0.29) is 39.6 Å². The molecule has 2 aromatic heterocycles. The van der Waals surface area contributed by atoms with Crippen LogP contribution in [0.2, 0.25) is 0 Å². The maximum Gasteiger partial charge on any atom is 0.519 e. The molecule has 0 spiro atoms. The number of amides is 1. The van der Waals surface area contributed by atoms with E-state index in [2.05, 4.69) is 16.9 Å². The van der Waals surface area contributed by atoms with Gasteiger partial charge in [-0.2, -0.15) is 0 Å². The van der Waals surface area contributed by atoms with E-state index < -0.39 is 30.3 Å². The minimum absolute atomic E-state index is 0.00234. The van der Waals surface area contributed by atoms with Crippen molar-refractivity contribution >= 4 is 23.9 Å². The molecule has 2 heterocycles. The summed E-state index contributed by atoms with van der Waals surface area (Å²) in [5.41, 5.74) is 0.158. The van der Waals surface area contributed by atoms with E-state index >= 15 is 0 Å². The van der Waals surface area contributed by atoms with Crippen LogP contribution in [-0.4, -0.2) is 41.6 Å². The number of carboxylic acid groups (broad SMARTS) is 1. The predicted molar refractivity (Wildman–Crippen MR) is 134 cm³/mol. The fraction of sp³-hybridized carbons (Fsp3) is 0.296. The van der Waals surface area contributed by atoms with Crippen LogP contribution in [0.25, 0.3) is 17.2 Å². The maximum atomic E-state index is 13.2. The van der Waals surface area contributed by atoms with Gasteiger partial charge in [-0.3, -0.25) is 4.79 Å². The number of carbonyl (C=O) groups excluding carboxylic acids is 2. The summed E-state index contributed by atoms with van der Waals surface area (Å²) in [5, 5.41) is 12.7. The number of carboxylic acids is 1. The van der Waals surface area contributed by atoms with Gasteiger partial charge in [0.05, 0.1) is 12.7 Å². The van der Waals surface area contributed by atoms with Crippen molar-refractivity contribution in [2.24, 2.45) is 5.92 Å². The normalized spacial score (nSPS) is 12.9. The molecule has 0 saturated heterocycles. The van der Waals surface area contributed by atoms with Gasteiger partial charge < -0.3 is 28.7 Å². The average Bonchev–Trinajstić information content (AvgIpc) is 3.21. The maximum absolute atomic E-state index is 13.2. The van der Waals surface area contributed by atoms with Gasteiger partial charge in [-0.15, -0.1) is 0 Å². The third kappa shape index (κ3) is 5.51. The summed E-state index contributed by atoms with van der Waals surface area (Å²) in [6, 6.07) is 5.64. The molecule has 1 aliphatic rings. The zero-order chi connectivity index (χ0) is 27.4. The first-order valence-electron chi connectivity index (χ1n) is 11.9. The minimum atomic E-state index is -1.26. The summed E-state index contributed by atoms with van der Waals surface area (Å²) in [5.74, 6) is -2.80. The number of methoxy groups -OCH3 is 1. The molecule has 2 N–H and O–H groups in total. The Morgan fingerprint density at radius 2 is 1.97 bits per heavy atom. The third-order valence-electron chi connectivity index (χ3n) is 6.38. The fourth-order valence-corrected chi connectivity index (χ4v) is 4.02. The molecule has 0 unspecified atom stereocenters. The second-order valence-corrected chi connectivity index (χ2v) is 8.76. The minimum Gasteiger partial charge on any atom is -0.496 e. The first-order valence-corrected chi connectivity index (χ1v) is 11.9. The highest BCUT2D eigenvalue weighted by atomic mass is 16.6. The van der Waals surface area contributed by atoms with Gasteiger partial charge >= 0.3 is 17.8 Å². The molecule has 1 aromatic carbocycles. The summed E-state index contributed by atoms with van der Waals surface area (Å²) in [6.07, 6.45) is 4.64. The van der Waals surface area contributed by atoms with Crippen LogP contribution >= 0.6 is 0 Å². The standard InChI is InChI=1S/C27H26N2O9/c1-4-16-10-19(25(31)32)18(11-21(16)35-3)17-8-9-20(24(30)28-12-15-6-5-7-15)29-23(17)26(33)36-13-22-14(2)37-27(34)38-22/h4,8-11,15H,1,5-7,12-13H2,2-3H3,(H,28,30)(H,31,32). The van der Waals surface area contributed by atoms with Gasteiger partial charge in [0, 0.05) is 23.2 Å². The first kappa shape index (κ1) is 26.4. The summed E-state index contributed by atoms with van der Waals surface area (Å²) in [4.78, 5) is 53.7. The number of benzene rings is 1. The molecule has 198 valence electrons. The second-order valence-electron chi connectivity index (χ2n) is 8.76. The van der Waals surface area contributed by atoms with Crippen molar-refractivity contribution in [1.82, 2.24) is 10.3 Å². The van der Waals surface area contributed by atoms with Crippen LogP contribution < -0.4 is 15.9 Å². The van der Waals surface area contributed by atoms with Crippen LogP contribution in [0.1, 0.15) is 67.7 Å². The van der Waals surface area contributed by atoms with E-state index in [1.54, 1.807) is 0 Å². The molecule has 1 fully saturated rings. The number of esters is 1. The van der Waals surface area contributed by atoms with Gasteiger partial charge in [-0.25, -0.2) is 19.4 Å². The molecule has 1 aliphatic carbocycles. The Kier molecular flexibility index (Phi) is 7.75. The molecule has 11 heteroatoms. The molecule has 1 saturated carbocycles. The average molecular weight is 523 g/mol. The van der Waals surface area contributed by atoms with Gasteiger partial charge in [0.2, 0.25) is 0 Å². The quantitative estimate of drug-likeness (QED) is 0.375. The van der Waals surface area contributed by atoms with Crippen LogP contribution in [0, 0.1) is 12.8 Å². The van der Waals surface area contributed by atoms with Crippen LogP contribution in [0.3, 0.4) is 0 Å². The van der Waals surface area contributed by atoms with Crippen molar-refractivity contribution in [3.8, 4) is 16.9 Å². The first-order chi connectivity index (χ1) is 18.2. The molecule has 3 aromatic rings. The highest BCUT2D eigenvalue weighted by molar-refractivity contribution is 6.03. The number of ether oxygens (including phenoxy) is 2. The second kappa shape index (κ2) is 11.2. The molecular weight excluding hydrogens is 496 g/mol. The van der Waals surface area contributed by atoms with Crippen molar-refractivity contribution in [1.29, 1.82) is 0 Å². The SMILES string of the molecule is C=Cc1cc(C(=O)O)c(-c2ccc(C(=O)NCC3CCC3)nc2C(=O)OCc2oc(=O)oc2C)cc1OC. The number of hydrogen-bond acceptors (Lipinski definition) is 9. The Bertz CT molecular complexity index is 1460. The van der Waals surface area contributed by atoms with E-state index in [0.29, 0.717) is 23.8 Å². The number of nitrogens with one attached hydrogen (secondary N) is 1. The Balaban J connectivity index is 1.76. The molecule has 1 amide bonds. The monoisotopic (exact) mass is 522 g/mol. The molecule has 0 radical (unpaired) electrons. The molecule has 0 bridgehead atoms. The van der Waals surface area contributed by atoms with Gasteiger partial charge in [0.25, 0.3) is 5.91 Å². The number of carbonyl (C=O) groups is 3. The summed E-state index contributed by atoms with van der Waals surface area (Å²) in [7, 11) is 1.41. The Labute approximate surface area is 217 Å². The van der Waals surface area contributed by atoms with Gasteiger partial charge in [-0.05, 0) is 49.9 Å². The number of aryl methyl sites for hydroxylation is 1. The summed E-state index contributed by atoms with van der Waals surface area (Å²) >= 11 is 0. The molecule has 11 nitrogen and oxygen atoms in total. The van der Waals surface area contributed by atoms with E-state index in [1.165, 1.54) is 44.4 Å². The van der Waals surface area contributed by atoms with Crippen LogP contribution in [0.4, 0.5) is 0 Å². The van der Waals surface area contributed by atoms with E-state index in [0.717, 1.165) is 19.3 Å². The lowest BCUT2D eigenvalue weighted by Crippen LogP contribution is -2.32. The number of rotatable bonds is 10. The van der Waals surface area contributed by atoms with Crippen molar-refractivity contribution in [3.63, 3.8) is 0 Å². The lowest BCUT2D eigenvalue weighted by atomic mass is 9.85. The van der Waals surface area contributed by atoms with Crippen molar-refractivity contribution in [2.45, 2.75) is 32.8 Å². The van der Waals surface area contributed by atoms with Crippen molar-refractivity contribution < 1.29 is 37.8 Å². The van der Waals surface area contributed by atoms with Gasteiger partial charge in [-0.1, -0.05) is 19.1 Å². The molecule has 0 atom stereocenters. The number of pyridine rings is 1. The van der Waals surface area contributed by atoms with Gasteiger partial charge in [0.1, 0.15) is 11.4 Å². The lowest BCUT2D eigenvalue weighted by molar-refractivity contribution is 0.0436. The molecule has 0 aliphatic heterocycles. The van der Waals surface area contributed by atoms with Crippen LogP contribution in [-0.2, 0) is 11.3 Å². The van der Waals surface area contributed by atoms with E-state index in [9.17, 15) is 24.3 Å². The Morgan fingerprint density at radius 1 is 1.21 bits per heavy atom. The lowest BCUT2D eigenvalue weighted by Gasteiger charge is -2.25. The highest BCUT2D eigenvalue weighted by Crippen LogP contribution is 2.34. The van der Waals surface area contributed by atoms with Crippen molar-refractivity contribution in [2.75, 3.05) is 13.7 Å².